The zero-order chi connectivity index (χ0) is 11.4. The maximum Gasteiger partial charge on any atom is 0.159 e. The van der Waals surface area contributed by atoms with Crippen LogP contribution >= 0.6 is 0 Å². The van der Waals surface area contributed by atoms with Gasteiger partial charge in [0.15, 0.2) is 11.6 Å². The van der Waals surface area contributed by atoms with Crippen LogP contribution in [0.15, 0.2) is 23.8 Å². The van der Waals surface area contributed by atoms with Gasteiger partial charge < -0.3 is 0 Å². The molecule has 0 N–H and O–H groups in total. The summed E-state index contributed by atoms with van der Waals surface area (Å²) in [5, 5.41) is 0. The molecule has 0 heterocycles. The highest BCUT2D eigenvalue weighted by Crippen LogP contribution is 2.15. The molecule has 15 heavy (non-hydrogen) atoms. The summed E-state index contributed by atoms with van der Waals surface area (Å²) in [5.74, 6) is -1.72. The van der Waals surface area contributed by atoms with Crippen molar-refractivity contribution in [3.05, 3.63) is 41.0 Å². The summed E-state index contributed by atoms with van der Waals surface area (Å²) in [6.07, 6.45) is 2.28. The van der Waals surface area contributed by atoms with Crippen molar-refractivity contribution in [1.29, 1.82) is 0 Å². The van der Waals surface area contributed by atoms with Crippen molar-refractivity contribution in [2.24, 2.45) is 5.92 Å². The quantitative estimate of drug-likeness (QED) is 0.553. The highest BCUT2D eigenvalue weighted by atomic mass is 19.2. The Kier molecular flexibility index (Phi) is 3.72. The Bertz CT molecular complexity index is 395. The summed E-state index contributed by atoms with van der Waals surface area (Å²) in [5.41, 5.74) is 1.05. The number of halogens is 2. The van der Waals surface area contributed by atoms with Gasteiger partial charge in [-0.15, -0.1) is 0 Å². The van der Waals surface area contributed by atoms with Crippen LogP contribution < -0.4 is 0 Å². The van der Waals surface area contributed by atoms with E-state index in [1.54, 1.807) is 6.08 Å². The largest absolute Gasteiger partial charge is 0.298 e. The molecule has 0 aliphatic rings. The molecule has 0 radical (unpaired) electrons. The molecule has 0 saturated carbocycles. The van der Waals surface area contributed by atoms with Gasteiger partial charge in [-0.3, -0.25) is 4.79 Å². The normalized spacial score (nSPS) is 11.9. The third-order valence-corrected chi connectivity index (χ3v) is 2.08. The van der Waals surface area contributed by atoms with Gasteiger partial charge in [0.25, 0.3) is 0 Å². The van der Waals surface area contributed by atoms with Crippen LogP contribution in [0.25, 0.3) is 6.08 Å². The first-order valence-electron chi connectivity index (χ1n) is 4.66. The predicted molar refractivity (Wildman–Crippen MR) is 55.2 cm³/mol. The number of rotatable bonds is 3. The molecule has 0 saturated heterocycles. The Morgan fingerprint density at radius 2 is 1.93 bits per heavy atom. The molecular weight excluding hydrogens is 198 g/mol. The highest BCUT2D eigenvalue weighted by Gasteiger charge is 2.04. The SMILES string of the molecule is CC(C)C(C=O)=Cc1ccc(F)c(F)c1. The first-order valence-corrected chi connectivity index (χ1v) is 4.66. The van der Waals surface area contributed by atoms with E-state index in [4.69, 9.17) is 0 Å². The topological polar surface area (TPSA) is 17.1 Å². The maximum absolute atomic E-state index is 12.8. The Labute approximate surface area is 87.4 Å². The summed E-state index contributed by atoms with van der Waals surface area (Å²) in [6.45, 7) is 3.72. The fraction of sp³-hybridized carbons (Fsp3) is 0.250. The van der Waals surface area contributed by atoms with Crippen molar-refractivity contribution in [2.45, 2.75) is 13.8 Å². The van der Waals surface area contributed by atoms with Crippen LogP contribution in [-0.4, -0.2) is 6.29 Å². The van der Waals surface area contributed by atoms with Gasteiger partial charge in [-0.05, 0) is 35.3 Å². The molecule has 0 aliphatic carbocycles. The number of allylic oxidation sites excluding steroid dienone is 1. The van der Waals surface area contributed by atoms with Crippen LogP contribution in [0, 0.1) is 17.6 Å². The van der Waals surface area contributed by atoms with Crippen LogP contribution in [0.3, 0.4) is 0 Å². The Hall–Kier alpha value is -1.51. The smallest absolute Gasteiger partial charge is 0.159 e. The monoisotopic (exact) mass is 210 g/mol. The molecule has 0 amide bonds. The minimum atomic E-state index is -0.905. The van der Waals surface area contributed by atoms with Gasteiger partial charge in [-0.1, -0.05) is 19.9 Å². The molecule has 3 heteroatoms. The minimum Gasteiger partial charge on any atom is -0.298 e. The van der Waals surface area contributed by atoms with Crippen LogP contribution in [0.2, 0.25) is 0 Å². The van der Waals surface area contributed by atoms with Crippen LogP contribution in [-0.2, 0) is 4.79 Å². The van der Waals surface area contributed by atoms with E-state index in [9.17, 15) is 13.6 Å². The second-order valence-electron chi connectivity index (χ2n) is 3.59. The molecule has 0 spiro atoms. The summed E-state index contributed by atoms with van der Waals surface area (Å²) < 4.78 is 25.5. The fourth-order valence-electron chi connectivity index (χ4n) is 1.13. The first-order chi connectivity index (χ1) is 7.04. The lowest BCUT2D eigenvalue weighted by molar-refractivity contribution is -0.105. The van der Waals surface area contributed by atoms with E-state index in [2.05, 4.69) is 0 Å². The van der Waals surface area contributed by atoms with Crippen molar-refractivity contribution < 1.29 is 13.6 Å². The van der Waals surface area contributed by atoms with Crippen LogP contribution in [0.1, 0.15) is 19.4 Å². The zero-order valence-electron chi connectivity index (χ0n) is 8.63. The molecule has 1 aromatic rings. The first kappa shape index (κ1) is 11.6. The number of benzene rings is 1. The number of hydrogen-bond acceptors (Lipinski definition) is 1. The third-order valence-electron chi connectivity index (χ3n) is 2.08. The van der Waals surface area contributed by atoms with E-state index in [0.717, 1.165) is 18.4 Å². The van der Waals surface area contributed by atoms with Gasteiger partial charge in [-0.25, -0.2) is 8.78 Å². The standard InChI is InChI=1S/C12H12F2O/c1-8(2)10(7-15)5-9-3-4-11(13)12(14)6-9/h3-8H,1-2H3. The van der Waals surface area contributed by atoms with E-state index < -0.39 is 11.6 Å². The Balaban J connectivity index is 3.07. The summed E-state index contributed by atoms with van der Waals surface area (Å²) in [7, 11) is 0. The van der Waals surface area contributed by atoms with E-state index in [1.807, 2.05) is 13.8 Å². The van der Waals surface area contributed by atoms with Gasteiger partial charge in [0.05, 0.1) is 0 Å². The Morgan fingerprint density at radius 1 is 1.27 bits per heavy atom. The average Bonchev–Trinajstić information content (AvgIpc) is 2.19. The minimum absolute atomic E-state index is 0.0654. The second-order valence-corrected chi connectivity index (χ2v) is 3.59. The number of hydrogen-bond donors (Lipinski definition) is 0. The summed E-state index contributed by atoms with van der Waals surface area (Å²) >= 11 is 0. The van der Waals surface area contributed by atoms with E-state index in [0.29, 0.717) is 11.1 Å². The fourth-order valence-corrected chi connectivity index (χ4v) is 1.13. The van der Waals surface area contributed by atoms with E-state index in [-0.39, 0.29) is 5.92 Å². The zero-order valence-corrected chi connectivity index (χ0v) is 8.63. The van der Waals surface area contributed by atoms with Gasteiger partial charge >= 0.3 is 0 Å². The lowest BCUT2D eigenvalue weighted by Crippen LogP contribution is -1.95. The number of carbonyl (C=O) groups is 1. The molecule has 1 nitrogen and oxygen atoms in total. The number of aldehydes is 1. The van der Waals surface area contributed by atoms with Crippen molar-refractivity contribution in [3.63, 3.8) is 0 Å². The molecule has 0 atom stereocenters. The van der Waals surface area contributed by atoms with Gasteiger partial charge in [0.1, 0.15) is 6.29 Å². The van der Waals surface area contributed by atoms with Crippen molar-refractivity contribution in [3.8, 4) is 0 Å². The number of carbonyl (C=O) groups excluding carboxylic acids is 1. The van der Waals surface area contributed by atoms with Crippen LogP contribution in [0.5, 0.6) is 0 Å². The van der Waals surface area contributed by atoms with Gasteiger partial charge in [0.2, 0.25) is 0 Å². The highest BCUT2D eigenvalue weighted by molar-refractivity contribution is 5.82. The molecule has 80 valence electrons. The lowest BCUT2D eigenvalue weighted by Gasteiger charge is -2.03. The van der Waals surface area contributed by atoms with Crippen molar-refractivity contribution in [2.75, 3.05) is 0 Å². The second kappa shape index (κ2) is 4.82. The van der Waals surface area contributed by atoms with Gasteiger partial charge in [0, 0.05) is 0 Å². The lowest BCUT2D eigenvalue weighted by atomic mass is 10.0. The summed E-state index contributed by atoms with van der Waals surface area (Å²) in [6, 6.07) is 3.55. The molecule has 0 fully saturated rings. The molecule has 1 rings (SSSR count). The van der Waals surface area contributed by atoms with E-state index >= 15 is 0 Å². The predicted octanol–water partition coefficient (Wildman–Crippen LogP) is 3.20. The molecule has 1 aromatic carbocycles. The van der Waals surface area contributed by atoms with E-state index in [1.165, 1.54) is 6.07 Å². The Morgan fingerprint density at radius 3 is 2.40 bits per heavy atom. The third kappa shape index (κ3) is 2.98. The molecule has 0 unspecified atom stereocenters. The average molecular weight is 210 g/mol. The molecule has 0 aliphatic heterocycles. The summed E-state index contributed by atoms with van der Waals surface area (Å²) in [4.78, 5) is 10.7. The van der Waals surface area contributed by atoms with Gasteiger partial charge in [-0.2, -0.15) is 0 Å². The maximum atomic E-state index is 12.8. The van der Waals surface area contributed by atoms with Crippen LogP contribution in [0.4, 0.5) is 8.78 Å². The van der Waals surface area contributed by atoms with Crippen molar-refractivity contribution in [1.82, 2.24) is 0 Å². The molecular formula is C12H12F2O. The molecule has 0 bridgehead atoms. The molecule has 0 aromatic heterocycles. The van der Waals surface area contributed by atoms with Crippen molar-refractivity contribution >= 4 is 12.4 Å².